The highest BCUT2D eigenvalue weighted by Crippen LogP contribution is 2.15. The van der Waals surface area contributed by atoms with Gasteiger partial charge in [-0.05, 0) is 42.3 Å². The number of hydrogen-bond acceptors (Lipinski definition) is 5. The lowest BCUT2D eigenvalue weighted by molar-refractivity contribution is -0.154. The Kier molecular flexibility index (Phi) is 9.45. The third-order valence-electron chi connectivity index (χ3n) is 5.16. The van der Waals surface area contributed by atoms with Crippen molar-refractivity contribution >= 4 is 11.8 Å². The number of ketones is 1. The quantitative estimate of drug-likeness (QED) is 0.252. The van der Waals surface area contributed by atoms with E-state index in [0.29, 0.717) is 36.3 Å². The average Bonchev–Trinajstić information content (AvgIpc) is 2.88. The SMILES string of the molecule is CCOC(=O)C(Cc1ccc(CC#CCOc2ccc(C(=O)c3ccccc3)cc2)cc1)OC. The summed E-state index contributed by atoms with van der Waals surface area (Å²) >= 11 is 0. The Morgan fingerprint density at radius 2 is 1.47 bits per heavy atom. The molecule has 0 fully saturated rings. The summed E-state index contributed by atoms with van der Waals surface area (Å²) in [6.45, 7) is 2.37. The van der Waals surface area contributed by atoms with Crippen LogP contribution in [0.1, 0.15) is 34.0 Å². The van der Waals surface area contributed by atoms with Crippen molar-refractivity contribution in [1.29, 1.82) is 0 Å². The summed E-state index contributed by atoms with van der Waals surface area (Å²) in [5.41, 5.74) is 3.35. The van der Waals surface area contributed by atoms with Crippen molar-refractivity contribution in [2.24, 2.45) is 0 Å². The Morgan fingerprint density at radius 1 is 0.824 bits per heavy atom. The van der Waals surface area contributed by atoms with Crippen LogP contribution in [0.3, 0.4) is 0 Å². The molecule has 0 heterocycles. The second kappa shape index (κ2) is 13.0. The van der Waals surface area contributed by atoms with Crippen LogP contribution in [0.2, 0.25) is 0 Å². The van der Waals surface area contributed by atoms with Crippen molar-refractivity contribution in [1.82, 2.24) is 0 Å². The summed E-state index contributed by atoms with van der Waals surface area (Å²) in [5, 5.41) is 0. The zero-order valence-electron chi connectivity index (χ0n) is 19.5. The maximum Gasteiger partial charge on any atom is 0.335 e. The zero-order valence-corrected chi connectivity index (χ0v) is 19.5. The van der Waals surface area contributed by atoms with Gasteiger partial charge in [-0.15, -0.1) is 0 Å². The van der Waals surface area contributed by atoms with Crippen molar-refractivity contribution in [3.05, 3.63) is 101 Å². The lowest BCUT2D eigenvalue weighted by Crippen LogP contribution is -2.27. The van der Waals surface area contributed by atoms with Gasteiger partial charge in [0.05, 0.1) is 6.61 Å². The minimum absolute atomic E-state index is 0.0170. The van der Waals surface area contributed by atoms with Gasteiger partial charge in [0.1, 0.15) is 12.4 Å². The fourth-order valence-corrected chi connectivity index (χ4v) is 3.30. The van der Waals surface area contributed by atoms with E-state index in [9.17, 15) is 9.59 Å². The molecule has 1 atom stereocenters. The average molecular weight is 457 g/mol. The highest BCUT2D eigenvalue weighted by Gasteiger charge is 2.19. The molecule has 5 nitrogen and oxygen atoms in total. The van der Waals surface area contributed by atoms with Crippen molar-refractivity contribution < 1.29 is 23.8 Å². The van der Waals surface area contributed by atoms with Crippen LogP contribution in [-0.4, -0.2) is 38.2 Å². The monoisotopic (exact) mass is 456 g/mol. The summed E-state index contributed by atoms with van der Waals surface area (Å²) in [5.74, 6) is 6.41. The second-order valence-electron chi connectivity index (χ2n) is 7.54. The number of carbonyl (C=O) groups is 2. The van der Waals surface area contributed by atoms with E-state index < -0.39 is 6.10 Å². The third-order valence-corrected chi connectivity index (χ3v) is 5.16. The predicted octanol–water partition coefficient (Wildman–Crippen LogP) is 4.66. The van der Waals surface area contributed by atoms with Gasteiger partial charge < -0.3 is 14.2 Å². The van der Waals surface area contributed by atoms with Crippen molar-refractivity contribution in [3.8, 4) is 17.6 Å². The van der Waals surface area contributed by atoms with Gasteiger partial charge in [0.2, 0.25) is 0 Å². The van der Waals surface area contributed by atoms with Gasteiger partial charge in [0, 0.05) is 31.1 Å². The van der Waals surface area contributed by atoms with E-state index in [2.05, 4.69) is 11.8 Å². The van der Waals surface area contributed by atoms with Crippen LogP contribution in [0.5, 0.6) is 5.75 Å². The number of methoxy groups -OCH3 is 1. The molecule has 0 aliphatic heterocycles. The Morgan fingerprint density at radius 3 is 2.12 bits per heavy atom. The van der Waals surface area contributed by atoms with E-state index in [1.165, 1.54) is 7.11 Å². The Balaban J connectivity index is 1.45. The van der Waals surface area contributed by atoms with Gasteiger partial charge in [-0.25, -0.2) is 4.79 Å². The van der Waals surface area contributed by atoms with Gasteiger partial charge >= 0.3 is 5.97 Å². The Labute approximate surface area is 200 Å². The standard InChI is InChI=1S/C29H28O5/c1-3-33-29(31)27(32-2)21-23-14-12-22(13-15-23)9-7-8-20-34-26-18-16-25(17-19-26)28(30)24-10-5-4-6-11-24/h4-6,10-19,27H,3,9,20-21H2,1-2H3. The molecule has 0 aromatic heterocycles. The summed E-state index contributed by atoms with van der Waals surface area (Å²) in [6, 6.07) is 24.2. The van der Waals surface area contributed by atoms with Crippen LogP contribution in [0.4, 0.5) is 0 Å². The molecule has 0 aliphatic rings. The number of ether oxygens (including phenoxy) is 3. The zero-order chi connectivity index (χ0) is 24.2. The van der Waals surface area contributed by atoms with Crippen molar-refractivity contribution in [3.63, 3.8) is 0 Å². The molecule has 34 heavy (non-hydrogen) atoms. The topological polar surface area (TPSA) is 61.8 Å². The molecule has 0 saturated carbocycles. The van der Waals surface area contributed by atoms with Crippen LogP contribution in [0, 0.1) is 11.8 Å². The largest absolute Gasteiger partial charge is 0.481 e. The molecular weight excluding hydrogens is 428 g/mol. The van der Waals surface area contributed by atoms with Gasteiger partial charge in [-0.2, -0.15) is 0 Å². The highest BCUT2D eigenvalue weighted by molar-refractivity contribution is 6.08. The van der Waals surface area contributed by atoms with Crippen LogP contribution >= 0.6 is 0 Å². The second-order valence-corrected chi connectivity index (χ2v) is 7.54. The number of carbonyl (C=O) groups excluding carboxylic acids is 2. The molecule has 174 valence electrons. The lowest BCUT2D eigenvalue weighted by atomic mass is 10.0. The van der Waals surface area contributed by atoms with E-state index in [-0.39, 0.29) is 18.4 Å². The van der Waals surface area contributed by atoms with Crippen molar-refractivity contribution in [2.75, 3.05) is 20.3 Å². The maximum atomic E-state index is 12.4. The summed E-state index contributed by atoms with van der Waals surface area (Å²) in [6.07, 6.45) is 0.457. The number of benzene rings is 3. The molecule has 3 aromatic carbocycles. The third kappa shape index (κ3) is 7.33. The first-order chi connectivity index (χ1) is 16.6. The summed E-state index contributed by atoms with van der Waals surface area (Å²) in [7, 11) is 1.51. The van der Waals surface area contributed by atoms with Crippen LogP contribution in [-0.2, 0) is 27.1 Å². The minimum atomic E-state index is -0.603. The molecule has 0 aliphatic carbocycles. The smallest absolute Gasteiger partial charge is 0.335 e. The Hall–Kier alpha value is -3.88. The molecule has 0 radical (unpaired) electrons. The van der Waals surface area contributed by atoms with E-state index in [4.69, 9.17) is 14.2 Å². The number of hydrogen-bond donors (Lipinski definition) is 0. The molecule has 1 unspecified atom stereocenters. The summed E-state index contributed by atoms with van der Waals surface area (Å²) < 4.78 is 15.9. The summed E-state index contributed by atoms with van der Waals surface area (Å²) in [4.78, 5) is 24.3. The van der Waals surface area contributed by atoms with Crippen molar-refractivity contribution in [2.45, 2.75) is 25.9 Å². The van der Waals surface area contributed by atoms with Crippen LogP contribution in [0.25, 0.3) is 0 Å². The predicted molar refractivity (Wildman–Crippen MR) is 131 cm³/mol. The molecule has 0 spiro atoms. The van der Waals surface area contributed by atoms with E-state index in [0.717, 1.165) is 11.1 Å². The molecule has 0 amide bonds. The normalized spacial score (nSPS) is 11.1. The first-order valence-electron chi connectivity index (χ1n) is 11.2. The van der Waals surface area contributed by atoms with Gasteiger partial charge in [0.25, 0.3) is 0 Å². The van der Waals surface area contributed by atoms with Gasteiger partial charge in [0.15, 0.2) is 11.9 Å². The molecule has 5 heteroatoms. The van der Waals surface area contributed by atoms with E-state index in [1.807, 2.05) is 42.5 Å². The Bertz CT molecular complexity index is 1120. The van der Waals surface area contributed by atoms with Gasteiger partial charge in [-0.3, -0.25) is 4.79 Å². The molecule has 3 aromatic rings. The fourth-order valence-electron chi connectivity index (χ4n) is 3.30. The molecular formula is C29H28O5. The molecule has 0 N–H and O–H groups in total. The molecule has 3 rings (SSSR count). The molecule has 0 saturated heterocycles. The number of rotatable bonds is 10. The fraction of sp³-hybridized carbons (Fsp3) is 0.241. The van der Waals surface area contributed by atoms with Crippen LogP contribution < -0.4 is 4.74 Å². The lowest BCUT2D eigenvalue weighted by Gasteiger charge is -2.14. The molecule has 0 bridgehead atoms. The van der Waals surface area contributed by atoms with Crippen LogP contribution in [0.15, 0.2) is 78.9 Å². The first-order valence-corrected chi connectivity index (χ1v) is 11.2. The highest BCUT2D eigenvalue weighted by atomic mass is 16.6. The van der Waals surface area contributed by atoms with E-state index in [1.54, 1.807) is 43.3 Å². The maximum absolute atomic E-state index is 12.4. The van der Waals surface area contributed by atoms with Gasteiger partial charge in [-0.1, -0.05) is 66.4 Å². The minimum Gasteiger partial charge on any atom is -0.481 e. The van der Waals surface area contributed by atoms with E-state index >= 15 is 0 Å². The first kappa shape index (κ1) is 24.8. The number of esters is 1.